The van der Waals surface area contributed by atoms with Crippen molar-refractivity contribution in [3.05, 3.63) is 18.0 Å². The smallest absolute Gasteiger partial charge is 0.309 e. The Morgan fingerprint density at radius 3 is 2.71 bits per heavy atom. The highest BCUT2D eigenvalue weighted by Gasteiger charge is 2.27. The van der Waals surface area contributed by atoms with Crippen LogP contribution in [0.3, 0.4) is 0 Å². The Labute approximate surface area is 124 Å². The van der Waals surface area contributed by atoms with Gasteiger partial charge in [-0.05, 0) is 39.2 Å². The van der Waals surface area contributed by atoms with Crippen molar-refractivity contribution in [2.45, 2.75) is 52.0 Å². The third kappa shape index (κ3) is 3.62. The van der Waals surface area contributed by atoms with Gasteiger partial charge in [-0.1, -0.05) is 12.8 Å². The van der Waals surface area contributed by atoms with Crippen LogP contribution in [0.5, 0.6) is 0 Å². The number of aromatic nitrogens is 2. The van der Waals surface area contributed by atoms with Crippen LogP contribution in [-0.4, -0.2) is 33.3 Å². The fourth-order valence-corrected chi connectivity index (χ4v) is 2.62. The van der Waals surface area contributed by atoms with Gasteiger partial charge in [-0.2, -0.15) is 5.10 Å². The van der Waals surface area contributed by atoms with Crippen LogP contribution in [-0.2, 0) is 4.79 Å². The molecule has 0 aliphatic heterocycles. The minimum Gasteiger partial charge on any atom is -0.481 e. The summed E-state index contributed by atoms with van der Waals surface area (Å²) in [6, 6.07) is 2.03. The normalized spacial score (nSPS) is 16.1. The number of carbonyl (C=O) groups excluding carboxylic acids is 1. The Morgan fingerprint density at radius 2 is 2.10 bits per heavy atom. The molecule has 1 heterocycles. The van der Waals surface area contributed by atoms with Crippen molar-refractivity contribution in [1.82, 2.24) is 15.1 Å². The van der Waals surface area contributed by atoms with Crippen molar-refractivity contribution in [3.63, 3.8) is 0 Å². The van der Waals surface area contributed by atoms with Crippen LogP contribution in [0.25, 0.3) is 0 Å². The molecule has 0 bridgehead atoms. The molecule has 116 valence electrons. The lowest BCUT2D eigenvalue weighted by Gasteiger charge is -2.19. The Morgan fingerprint density at radius 1 is 1.43 bits per heavy atom. The predicted octanol–water partition coefficient (Wildman–Crippen LogP) is 2.23. The van der Waals surface area contributed by atoms with E-state index in [1.54, 1.807) is 26.1 Å². The van der Waals surface area contributed by atoms with Gasteiger partial charge in [0.1, 0.15) is 5.69 Å². The van der Waals surface area contributed by atoms with E-state index in [9.17, 15) is 9.59 Å². The first-order valence-electron chi connectivity index (χ1n) is 7.47. The molecule has 6 nitrogen and oxygen atoms in total. The lowest BCUT2D eigenvalue weighted by atomic mass is 9.90. The highest BCUT2D eigenvalue weighted by molar-refractivity contribution is 5.92. The monoisotopic (exact) mass is 293 g/mol. The van der Waals surface area contributed by atoms with E-state index in [4.69, 9.17) is 5.11 Å². The number of nitrogens with zero attached hydrogens (tertiary/aromatic N) is 2. The van der Waals surface area contributed by atoms with E-state index < -0.39 is 11.4 Å². The van der Waals surface area contributed by atoms with E-state index in [0.717, 1.165) is 12.8 Å². The molecule has 1 amide bonds. The zero-order chi connectivity index (χ0) is 15.5. The van der Waals surface area contributed by atoms with Crippen LogP contribution < -0.4 is 5.32 Å². The van der Waals surface area contributed by atoms with Crippen LogP contribution in [0.2, 0.25) is 0 Å². The van der Waals surface area contributed by atoms with Gasteiger partial charge in [0.25, 0.3) is 5.91 Å². The molecule has 1 aliphatic rings. The second-order valence-electron chi connectivity index (χ2n) is 6.29. The molecule has 0 aromatic carbocycles. The van der Waals surface area contributed by atoms with E-state index >= 15 is 0 Å². The summed E-state index contributed by atoms with van der Waals surface area (Å²) in [6.07, 6.45) is 6.53. The Balaban J connectivity index is 1.92. The number of hydrogen-bond acceptors (Lipinski definition) is 3. The molecular formula is C15H23N3O3. The SMILES string of the molecule is CC(C)(CCNC(=O)c1ccnn1C1CCCC1)C(=O)O. The molecule has 0 radical (unpaired) electrons. The van der Waals surface area contributed by atoms with E-state index in [1.807, 2.05) is 4.68 Å². The van der Waals surface area contributed by atoms with Crippen molar-refractivity contribution >= 4 is 11.9 Å². The van der Waals surface area contributed by atoms with E-state index in [1.165, 1.54) is 12.8 Å². The second-order valence-corrected chi connectivity index (χ2v) is 6.29. The molecule has 1 aromatic heterocycles. The van der Waals surface area contributed by atoms with Gasteiger partial charge in [0.05, 0.1) is 11.5 Å². The summed E-state index contributed by atoms with van der Waals surface area (Å²) in [6.45, 7) is 3.66. The van der Waals surface area contributed by atoms with Gasteiger partial charge >= 0.3 is 5.97 Å². The standard InChI is InChI=1S/C15H23N3O3/c1-15(2,14(20)21)8-10-16-13(19)12-7-9-17-18(12)11-5-3-4-6-11/h7,9,11H,3-6,8,10H2,1-2H3,(H,16,19)(H,20,21). The minimum absolute atomic E-state index is 0.180. The number of amides is 1. The van der Waals surface area contributed by atoms with Crippen molar-refractivity contribution in [1.29, 1.82) is 0 Å². The molecular weight excluding hydrogens is 270 g/mol. The molecule has 0 spiro atoms. The summed E-state index contributed by atoms with van der Waals surface area (Å²) in [4.78, 5) is 23.2. The zero-order valence-electron chi connectivity index (χ0n) is 12.6. The van der Waals surface area contributed by atoms with Gasteiger partial charge in [0, 0.05) is 12.7 Å². The van der Waals surface area contributed by atoms with E-state index in [0.29, 0.717) is 24.7 Å². The van der Waals surface area contributed by atoms with Crippen LogP contribution in [0, 0.1) is 5.41 Å². The topological polar surface area (TPSA) is 84.2 Å². The number of carboxylic acids is 1. The summed E-state index contributed by atoms with van der Waals surface area (Å²) < 4.78 is 1.81. The van der Waals surface area contributed by atoms with Crippen molar-refractivity contribution < 1.29 is 14.7 Å². The maximum absolute atomic E-state index is 12.2. The molecule has 6 heteroatoms. The average Bonchev–Trinajstić information content (AvgIpc) is 3.08. The predicted molar refractivity (Wildman–Crippen MR) is 78.1 cm³/mol. The maximum Gasteiger partial charge on any atom is 0.309 e. The summed E-state index contributed by atoms with van der Waals surface area (Å²) in [5.74, 6) is -1.03. The lowest BCUT2D eigenvalue weighted by Crippen LogP contribution is -2.33. The molecule has 1 aromatic rings. The van der Waals surface area contributed by atoms with Gasteiger partial charge in [-0.15, -0.1) is 0 Å². The minimum atomic E-state index is -0.854. The Bertz CT molecular complexity index is 516. The molecule has 0 saturated heterocycles. The van der Waals surface area contributed by atoms with Gasteiger partial charge in [0.2, 0.25) is 0 Å². The number of carbonyl (C=O) groups is 2. The highest BCUT2D eigenvalue weighted by Crippen LogP contribution is 2.29. The molecule has 2 N–H and O–H groups in total. The maximum atomic E-state index is 12.2. The number of rotatable bonds is 6. The van der Waals surface area contributed by atoms with Crippen LogP contribution in [0.1, 0.15) is 62.5 Å². The first kappa shape index (κ1) is 15.5. The highest BCUT2D eigenvalue weighted by atomic mass is 16.4. The van der Waals surface area contributed by atoms with Crippen LogP contribution in [0.15, 0.2) is 12.3 Å². The first-order valence-corrected chi connectivity index (χ1v) is 7.47. The molecule has 0 unspecified atom stereocenters. The summed E-state index contributed by atoms with van der Waals surface area (Å²) in [5, 5.41) is 16.1. The summed E-state index contributed by atoms with van der Waals surface area (Å²) in [5.41, 5.74) is -0.270. The number of hydrogen-bond donors (Lipinski definition) is 2. The van der Waals surface area contributed by atoms with E-state index in [-0.39, 0.29) is 5.91 Å². The summed E-state index contributed by atoms with van der Waals surface area (Å²) in [7, 11) is 0. The van der Waals surface area contributed by atoms with E-state index in [2.05, 4.69) is 10.4 Å². The van der Waals surface area contributed by atoms with Gasteiger partial charge in [-0.25, -0.2) is 0 Å². The number of nitrogens with one attached hydrogen (secondary N) is 1. The average molecular weight is 293 g/mol. The number of aliphatic carboxylic acids is 1. The molecule has 1 aliphatic carbocycles. The van der Waals surface area contributed by atoms with Crippen LogP contribution >= 0.6 is 0 Å². The third-order valence-corrected chi connectivity index (χ3v) is 4.19. The molecule has 1 saturated carbocycles. The lowest BCUT2D eigenvalue weighted by molar-refractivity contribution is -0.147. The first-order chi connectivity index (χ1) is 9.92. The van der Waals surface area contributed by atoms with Gasteiger partial charge < -0.3 is 10.4 Å². The van der Waals surface area contributed by atoms with Crippen molar-refractivity contribution in [3.8, 4) is 0 Å². The van der Waals surface area contributed by atoms with Gasteiger partial charge in [-0.3, -0.25) is 14.3 Å². The Kier molecular flexibility index (Phi) is 4.65. The fraction of sp³-hybridized carbons (Fsp3) is 0.667. The largest absolute Gasteiger partial charge is 0.481 e. The van der Waals surface area contributed by atoms with Gasteiger partial charge in [0.15, 0.2) is 0 Å². The Hall–Kier alpha value is -1.85. The molecule has 0 atom stereocenters. The second kappa shape index (κ2) is 6.28. The third-order valence-electron chi connectivity index (χ3n) is 4.19. The molecule has 21 heavy (non-hydrogen) atoms. The fourth-order valence-electron chi connectivity index (χ4n) is 2.62. The van der Waals surface area contributed by atoms with Crippen LogP contribution in [0.4, 0.5) is 0 Å². The summed E-state index contributed by atoms with van der Waals surface area (Å²) >= 11 is 0. The molecule has 1 fully saturated rings. The zero-order valence-corrected chi connectivity index (χ0v) is 12.6. The quantitative estimate of drug-likeness (QED) is 0.842. The number of carboxylic acid groups (broad SMARTS) is 1. The van der Waals surface area contributed by atoms with Crippen molar-refractivity contribution in [2.75, 3.05) is 6.54 Å². The molecule has 2 rings (SSSR count). The van der Waals surface area contributed by atoms with Crippen molar-refractivity contribution in [2.24, 2.45) is 5.41 Å².